The number of alkyl halides is 6. The second-order valence-corrected chi connectivity index (χ2v) is 5.75. The zero-order valence-electron chi connectivity index (χ0n) is 12.5. The number of halogens is 6. The minimum Gasteiger partial charge on any atom is -0.166 e. The molecule has 2 aromatic carbocycles. The minimum absolute atomic E-state index is 0.00847. The number of hydrogen-bond acceptors (Lipinski definition) is 0. The molecule has 126 valence electrons. The molecule has 0 heterocycles. The fraction of sp³-hybridized carbons (Fsp3) is 0.222. The molecule has 0 nitrogen and oxygen atoms in total. The first-order chi connectivity index (χ1) is 11.1. The van der Waals surface area contributed by atoms with Crippen LogP contribution in [0.4, 0.5) is 26.3 Å². The average Bonchev–Trinajstić information content (AvgIpc) is 2.83. The van der Waals surface area contributed by atoms with Crippen LogP contribution in [-0.4, -0.2) is 0 Å². The van der Waals surface area contributed by atoms with E-state index < -0.39 is 29.4 Å². The van der Waals surface area contributed by atoms with E-state index in [1.165, 1.54) is 0 Å². The molecule has 0 saturated carbocycles. The molecule has 1 atom stereocenters. The van der Waals surface area contributed by atoms with Gasteiger partial charge in [-0.25, -0.2) is 0 Å². The first kappa shape index (κ1) is 16.6. The maximum Gasteiger partial charge on any atom is 0.416 e. The maximum atomic E-state index is 13.0. The number of rotatable bonds is 1. The Labute approximate surface area is 133 Å². The first-order valence-corrected chi connectivity index (χ1v) is 7.14. The average molecular weight is 342 g/mol. The van der Waals surface area contributed by atoms with Crippen LogP contribution in [-0.2, 0) is 12.4 Å². The van der Waals surface area contributed by atoms with Crippen molar-refractivity contribution in [2.24, 2.45) is 0 Å². The Hall–Kier alpha value is -2.24. The SMILES string of the molecule is CC1=c2ccccc2=CC1c1cc(C(F)(F)F)cc(C(F)(F)F)c1. The van der Waals surface area contributed by atoms with E-state index in [1.54, 1.807) is 37.3 Å². The molecule has 1 unspecified atom stereocenters. The summed E-state index contributed by atoms with van der Waals surface area (Å²) in [5.41, 5.74) is -1.85. The van der Waals surface area contributed by atoms with Crippen LogP contribution in [0.15, 0.2) is 42.5 Å². The van der Waals surface area contributed by atoms with Gasteiger partial charge < -0.3 is 0 Å². The Morgan fingerprint density at radius 1 is 0.792 bits per heavy atom. The Kier molecular flexibility index (Phi) is 3.73. The fourth-order valence-electron chi connectivity index (χ4n) is 2.98. The van der Waals surface area contributed by atoms with Crippen LogP contribution < -0.4 is 10.4 Å². The van der Waals surface area contributed by atoms with Crippen LogP contribution in [0, 0.1) is 0 Å². The lowest BCUT2D eigenvalue weighted by Gasteiger charge is -2.17. The van der Waals surface area contributed by atoms with Crippen LogP contribution in [0.2, 0.25) is 0 Å². The zero-order chi connectivity index (χ0) is 17.7. The summed E-state index contributed by atoms with van der Waals surface area (Å²) in [7, 11) is 0. The summed E-state index contributed by atoms with van der Waals surface area (Å²) in [6.45, 7) is 1.72. The van der Waals surface area contributed by atoms with Crippen molar-refractivity contribution >= 4 is 11.6 Å². The summed E-state index contributed by atoms with van der Waals surface area (Å²) < 4.78 is 78.0. The lowest BCUT2D eigenvalue weighted by molar-refractivity contribution is -0.143. The molecule has 24 heavy (non-hydrogen) atoms. The van der Waals surface area contributed by atoms with E-state index in [0.717, 1.165) is 28.1 Å². The van der Waals surface area contributed by atoms with E-state index in [1.807, 2.05) is 0 Å². The van der Waals surface area contributed by atoms with E-state index >= 15 is 0 Å². The fourth-order valence-corrected chi connectivity index (χ4v) is 2.98. The van der Waals surface area contributed by atoms with E-state index in [-0.39, 0.29) is 11.6 Å². The van der Waals surface area contributed by atoms with Crippen molar-refractivity contribution in [1.29, 1.82) is 0 Å². The molecular formula is C18H12F6. The van der Waals surface area contributed by atoms with Crippen molar-refractivity contribution in [3.05, 3.63) is 69.6 Å². The quantitative estimate of drug-likeness (QED) is 0.671. The predicted molar refractivity (Wildman–Crippen MR) is 78.4 cm³/mol. The van der Waals surface area contributed by atoms with E-state index in [4.69, 9.17) is 0 Å². The van der Waals surface area contributed by atoms with Crippen molar-refractivity contribution in [1.82, 2.24) is 0 Å². The second-order valence-electron chi connectivity index (χ2n) is 5.75. The Morgan fingerprint density at radius 3 is 1.83 bits per heavy atom. The lowest BCUT2D eigenvalue weighted by Crippen LogP contribution is -2.21. The summed E-state index contributed by atoms with van der Waals surface area (Å²) in [6.07, 6.45) is -7.98. The van der Waals surface area contributed by atoms with Gasteiger partial charge in [-0.3, -0.25) is 0 Å². The highest BCUT2D eigenvalue weighted by Gasteiger charge is 2.37. The van der Waals surface area contributed by atoms with Crippen LogP contribution in [0.3, 0.4) is 0 Å². The van der Waals surface area contributed by atoms with Crippen LogP contribution in [0.25, 0.3) is 11.6 Å². The van der Waals surface area contributed by atoms with Gasteiger partial charge in [-0.2, -0.15) is 26.3 Å². The largest absolute Gasteiger partial charge is 0.416 e. The van der Waals surface area contributed by atoms with E-state index in [2.05, 4.69) is 0 Å². The number of fused-ring (bicyclic) bond motifs is 1. The Balaban J connectivity index is 2.21. The molecule has 0 aromatic heterocycles. The van der Waals surface area contributed by atoms with E-state index in [0.29, 0.717) is 0 Å². The molecule has 0 aliphatic heterocycles. The molecule has 0 amide bonds. The summed E-state index contributed by atoms with van der Waals surface area (Å²) in [6, 6.07) is 8.90. The monoisotopic (exact) mass is 342 g/mol. The Bertz CT molecular complexity index is 870. The third-order valence-corrected chi connectivity index (χ3v) is 4.17. The van der Waals surface area contributed by atoms with Gasteiger partial charge in [0, 0.05) is 5.92 Å². The van der Waals surface area contributed by atoms with Crippen molar-refractivity contribution in [2.75, 3.05) is 0 Å². The molecule has 3 rings (SSSR count). The van der Waals surface area contributed by atoms with Gasteiger partial charge in [0.1, 0.15) is 0 Å². The summed E-state index contributed by atoms with van der Waals surface area (Å²) in [5, 5.41) is 1.65. The highest BCUT2D eigenvalue weighted by molar-refractivity contribution is 5.69. The van der Waals surface area contributed by atoms with Crippen LogP contribution >= 0.6 is 0 Å². The minimum atomic E-state index is -4.84. The summed E-state index contributed by atoms with van der Waals surface area (Å²) in [5.74, 6) is -0.606. The van der Waals surface area contributed by atoms with Gasteiger partial charge in [0.15, 0.2) is 0 Å². The van der Waals surface area contributed by atoms with Gasteiger partial charge in [-0.15, -0.1) is 0 Å². The van der Waals surface area contributed by atoms with Gasteiger partial charge in [-0.05, 0) is 41.1 Å². The summed E-state index contributed by atoms with van der Waals surface area (Å²) >= 11 is 0. The molecule has 1 aliphatic rings. The molecule has 6 heteroatoms. The lowest BCUT2D eigenvalue weighted by atomic mass is 9.91. The normalized spacial score (nSPS) is 17.6. The van der Waals surface area contributed by atoms with Gasteiger partial charge >= 0.3 is 12.4 Å². The van der Waals surface area contributed by atoms with Gasteiger partial charge in [0.2, 0.25) is 0 Å². The predicted octanol–water partition coefficient (Wildman–Crippen LogP) is 4.47. The molecule has 2 aromatic rings. The molecule has 0 fully saturated rings. The van der Waals surface area contributed by atoms with Gasteiger partial charge in [0.25, 0.3) is 0 Å². The molecule has 0 saturated heterocycles. The molecule has 0 bridgehead atoms. The standard InChI is InChI=1S/C18H12F6/c1-10-15-5-3-2-4-11(15)8-16(10)12-6-13(17(19,20)21)9-14(7-12)18(22,23)24/h2-9,16H,1H3. The van der Waals surface area contributed by atoms with Crippen molar-refractivity contribution < 1.29 is 26.3 Å². The summed E-state index contributed by atoms with van der Waals surface area (Å²) in [4.78, 5) is 0. The number of benzene rings is 2. The molecule has 0 spiro atoms. The van der Waals surface area contributed by atoms with Crippen LogP contribution in [0.5, 0.6) is 0 Å². The maximum absolute atomic E-state index is 13.0. The highest BCUT2D eigenvalue weighted by atomic mass is 19.4. The highest BCUT2D eigenvalue weighted by Crippen LogP contribution is 2.39. The smallest absolute Gasteiger partial charge is 0.166 e. The topological polar surface area (TPSA) is 0 Å². The molecule has 0 radical (unpaired) electrons. The molecular weight excluding hydrogens is 330 g/mol. The molecule has 0 N–H and O–H groups in total. The third kappa shape index (κ3) is 2.92. The van der Waals surface area contributed by atoms with E-state index in [9.17, 15) is 26.3 Å². The van der Waals surface area contributed by atoms with Crippen molar-refractivity contribution in [2.45, 2.75) is 25.2 Å². The van der Waals surface area contributed by atoms with Crippen LogP contribution in [0.1, 0.15) is 29.5 Å². The Morgan fingerprint density at radius 2 is 1.33 bits per heavy atom. The second kappa shape index (κ2) is 5.40. The van der Waals surface area contributed by atoms with Crippen molar-refractivity contribution in [3.8, 4) is 0 Å². The van der Waals surface area contributed by atoms with Crippen molar-refractivity contribution in [3.63, 3.8) is 0 Å². The third-order valence-electron chi connectivity index (χ3n) is 4.17. The zero-order valence-corrected chi connectivity index (χ0v) is 12.5. The number of hydrogen-bond donors (Lipinski definition) is 0. The van der Waals surface area contributed by atoms with Gasteiger partial charge in [0.05, 0.1) is 11.1 Å². The first-order valence-electron chi connectivity index (χ1n) is 7.14. The molecule has 1 aliphatic carbocycles. The van der Waals surface area contributed by atoms with Gasteiger partial charge in [-0.1, -0.05) is 35.9 Å².